The van der Waals surface area contributed by atoms with Crippen molar-refractivity contribution in [3.05, 3.63) is 42.2 Å². The highest BCUT2D eigenvalue weighted by atomic mass is 16.6. The SMILES string of the molecule is CC(C)(C)OC(=O)Nc1ccc2c(ccc3occ([C@H]4CCC(=O)NC4=O)c32)c1. The van der Waals surface area contributed by atoms with Gasteiger partial charge >= 0.3 is 6.09 Å². The number of benzene rings is 2. The van der Waals surface area contributed by atoms with Gasteiger partial charge in [-0.2, -0.15) is 0 Å². The molecule has 29 heavy (non-hydrogen) atoms. The van der Waals surface area contributed by atoms with Gasteiger partial charge in [0.05, 0.1) is 12.2 Å². The fourth-order valence-corrected chi connectivity index (χ4v) is 3.64. The summed E-state index contributed by atoms with van der Waals surface area (Å²) in [7, 11) is 0. The van der Waals surface area contributed by atoms with Crippen molar-refractivity contribution >= 4 is 45.3 Å². The Balaban J connectivity index is 1.71. The third-order valence-corrected chi connectivity index (χ3v) is 4.84. The van der Waals surface area contributed by atoms with E-state index >= 15 is 0 Å². The summed E-state index contributed by atoms with van der Waals surface area (Å²) in [4.78, 5) is 35.9. The third-order valence-electron chi connectivity index (χ3n) is 4.84. The van der Waals surface area contributed by atoms with Gasteiger partial charge in [-0.1, -0.05) is 12.1 Å². The molecule has 4 rings (SSSR count). The number of fused-ring (bicyclic) bond motifs is 3. The second-order valence-corrected chi connectivity index (χ2v) is 8.20. The first kappa shape index (κ1) is 19.0. The number of nitrogens with one attached hydrogen (secondary N) is 2. The van der Waals surface area contributed by atoms with Crippen molar-refractivity contribution < 1.29 is 23.5 Å². The van der Waals surface area contributed by atoms with Crippen molar-refractivity contribution in [1.82, 2.24) is 5.32 Å². The van der Waals surface area contributed by atoms with Crippen LogP contribution in [0, 0.1) is 0 Å². The molecular formula is C22H22N2O5. The van der Waals surface area contributed by atoms with Gasteiger partial charge in [0.2, 0.25) is 11.8 Å². The third kappa shape index (κ3) is 3.81. The first-order valence-corrected chi connectivity index (χ1v) is 9.49. The molecule has 1 fully saturated rings. The molecule has 0 radical (unpaired) electrons. The lowest BCUT2D eigenvalue weighted by Gasteiger charge is -2.20. The summed E-state index contributed by atoms with van der Waals surface area (Å²) in [6.45, 7) is 5.41. The zero-order chi connectivity index (χ0) is 20.8. The summed E-state index contributed by atoms with van der Waals surface area (Å²) in [5, 5.41) is 7.78. The molecule has 0 unspecified atom stereocenters. The lowest BCUT2D eigenvalue weighted by molar-refractivity contribution is -0.134. The van der Waals surface area contributed by atoms with Gasteiger partial charge in [-0.05, 0) is 56.2 Å². The second-order valence-electron chi connectivity index (χ2n) is 8.20. The highest BCUT2D eigenvalue weighted by Gasteiger charge is 2.31. The van der Waals surface area contributed by atoms with Crippen LogP contribution in [0.15, 0.2) is 41.0 Å². The summed E-state index contributed by atoms with van der Waals surface area (Å²) in [6, 6.07) is 9.25. The maximum Gasteiger partial charge on any atom is 0.412 e. The van der Waals surface area contributed by atoms with Crippen LogP contribution in [0.3, 0.4) is 0 Å². The zero-order valence-corrected chi connectivity index (χ0v) is 16.5. The van der Waals surface area contributed by atoms with Crippen molar-refractivity contribution in [1.29, 1.82) is 0 Å². The standard InChI is InChI=1S/C22H22N2O5/c1-22(2,3)29-21(27)23-13-5-6-14-12(10-13)4-8-17-19(14)16(11-28-17)15-7-9-18(25)24-20(15)26/h4-6,8,10-11,15H,7,9H2,1-3H3,(H,23,27)(H,24,25,26)/t15-/m1/s1. The summed E-state index contributed by atoms with van der Waals surface area (Å²) >= 11 is 0. The van der Waals surface area contributed by atoms with Crippen LogP contribution >= 0.6 is 0 Å². The van der Waals surface area contributed by atoms with E-state index in [0.717, 1.165) is 21.7 Å². The van der Waals surface area contributed by atoms with Gasteiger partial charge in [0, 0.05) is 23.1 Å². The van der Waals surface area contributed by atoms with Crippen molar-refractivity contribution in [2.24, 2.45) is 0 Å². The van der Waals surface area contributed by atoms with E-state index in [1.165, 1.54) is 0 Å². The maximum atomic E-state index is 12.3. The summed E-state index contributed by atoms with van der Waals surface area (Å²) in [5.41, 5.74) is 1.46. The number of anilines is 1. The molecule has 1 aliphatic rings. The van der Waals surface area contributed by atoms with Gasteiger partial charge in [-0.25, -0.2) is 4.79 Å². The number of carbonyl (C=O) groups is 3. The van der Waals surface area contributed by atoms with Crippen LogP contribution in [-0.4, -0.2) is 23.5 Å². The van der Waals surface area contributed by atoms with Crippen LogP contribution in [0.5, 0.6) is 0 Å². The minimum absolute atomic E-state index is 0.248. The first-order valence-electron chi connectivity index (χ1n) is 9.49. The number of furan rings is 1. The minimum atomic E-state index is -0.583. The fraction of sp³-hybridized carbons (Fsp3) is 0.318. The predicted molar refractivity (Wildman–Crippen MR) is 109 cm³/mol. The lowest BCUT2D eigenvalue weighted by Crippen LogP contribution is -2.39. The number of amides is 3. The van der Waals surface area contributed by atoms with Crippen molar-refractivity contribution in [2.45, 2.75) is 45.1 Å². The van der Waals surface area contributed by atoms with E-state index < -0.39 is 17.6 Å². The number of hydrogen-bond donors (Lipinski definition) is 2. The molecule has 150 valence electrons. The van der Waals surface area contributed by atoms with Crippen LogP contribution in [0.25, 0.3) is 21.7 Å². The van der Waals surface area contributed by atoms with Gasteiger partial charge in [0.25, 0.3) is 0 Å². The Morgan fingerprint density at radius 3 is 2.72 bits per heavy atom. The average molecular weight is 394 g/mol. The van der Waals surface area contributed by atoms with Crippen LogP contribution < -0.4 is 10.6 Å². The van der Waals surface area contributed by atoms with Gasteiger partial charge < -0.3 is 9.15 Å². The number of hydrogen-bond acceptors (Lipinski definition) is 5. The molecule has 2 aromatic carbocycles. The highest BCUT2D eigenvalue weighted by Crippen LogP contribution is 2.37. The minimum Gasteiger partial charge on any atom is -0.464 e. The summed E-state index contributed by atoms with van der Waals surface area (Å²) in [5.74, 6) is -0.981. The molecule has 2 N–H and O–H groups in total. The topological polar surface area (TPSA) is 97.6 Å². The predicted octanol–water partition coefficient (Wildman–Crippen LogP) is 4.45. The van der Waals surface area contributed by atoms with Gasteiger partial charge in [-0.3, -0.25) is 20.2 Å². The van der Waals surface area contributed by atoms with E-state index in [4.69, 9.17) is 9.15 Å². The number of piperidine rings is 1. The van der Waals surface area contributed by atoms with Gasteiger partial charge in [0.15, 0.2) is 0 Å². The molecule has 3 amide bonds. The zero-order valence-electron chi connectivity index (χ0n) is 16.5. The average Bonchev–Trinajstić information content (AvgIpc) is 3.04. The number of rotatable bonds is 2. The molecule has 2 heterocycles. The lowest BCUT2D eigenvalue weighted by atomic mass is 9.89. The smallest absolute Gasteiger partial charge is 0.412 e. The monoisotopic (exact) mass is 394 g/mol. The highest BCUT2D eigenvalue weighted by molar-refractivity contribution is 6.11. The Hall–Kier alpha value is -3.35. The molecule has 7 heteroatoms. The molecule has 0 aliphatic carbocycles. The van der Waals surface area contributed by atoms with Gasteiger partial charge in [-0.15, -0.1) is 0 Å². The first-order chi connectivity index (χ1) is 13.7. The molecule has 0 spiro atoms. The number of carbonyl (C=O) groups excluding carboxylic acids is 3. The largest absolute Gasteiger partial charge is 0.464 e. The molecule has 1 atom stereocenters. The quantitative estimate of drug-likeness (QED) is 0.626. The van der Waals surface area contributed by atoms with Gasteiger partial charge in [0.1, 0.15) is 11.2 Å². The molecule has 1 aliphatic heterocycles. The van der Waals surface area contributed by atoms with E-state index in [0.29, 0.717) is 24.1 Å². The van der Waals surface area contributed by atoms with E-state index in [9.17, 15) is 14.4 Å². The summed E-state index contributed by atoms with van der Waals surface area (Å²) < 4.78 is 11.0. The van der Waals surface area contributed by atoms with Crippen molar-refractivity contribution in [3.63, 3.8) is 0 Å². The maximum absolute atomic E-state index is 12.3. The Bertz CT molecular complexity index is 1140. The van der Waals surface area contributed by atoms with Crippen molar-refractivity contribution in [3.8, 4) is 0 Å². The Morgan fingerprint density at radius 2 is 2.00 bits per heavy atom. The van der Waals surface area contributed by atoms with Crippen LogP contribution in [0.4, 0.5) is 10.5 Å². The normalized spacial score (nSPS) is 17.4. The molecule has 0 saturated carbocycles. The Morgan fingerprint density at radius 1 is 1.21 bits per heavy atom. The molecule has 1 saturated heterocycles. The second kappa shape index (κ2) is 6.92. The molecule has 7 nitrogen and oxygen atoms in total. The Labute approximate surface area is 167 Å². The number of imide groups is 1. The molecule has 0 bridgehead atoms. The van der Waals surface area contributed by atoms with Crippen LogP contribution in [-0.2, 0) is 14.3 Å². The van der Waals surface area contributed by atoms with Crippen molar-refractivity contribution in [2.75, 3.05) is 5.32 Å². The fourth-order valence-electron chi connectivity index (χ4n) is 3.64. The van der Waals surface area contributed by atoms with E-state index in [1.807, 2.05) is 24.3 Å². The number of ether oxygens (including phenoxy) is 1. The Kier molecular flexibility index (Phi) is 4.53. The van der Waals surface area contributed by atoms with Crippen LogP contribution in [0.2, 0.25) is 0 Å². The van der Waals surface area contributed by atoms with Crippen LogP contribution in [0.1, 0.15) is 45.1 Å². The molecule has 1 aromatic heterocycles. The molecule has 3 aromatic rings. The van der Waals surface area contributed by atoms with E-state index in [-0.39, 0.29) is 11.8 Å². The summed E-state index contributed by atoms with van der Waals surface area (Å²) in [6.07, 6.45) is 1.83. The molecular weight excluding hydrogens is 372 g/mol. The van der Waals surface area contributed by atoms with E-state index in [2.05, 4.69) is 10.6 Å². The van der Waals surface area contributed by atoms with E-state index in [1.54, 1.807) is 33.1 Å².